The first-order chi connectivity index (χ1) is 40.3. The fourth-order valence-electron chi connectivity index (χ4n) is 4.33. The van der Waals surface area contributed by atoms with Gasteiger partial charge < -0.3 is 141 Å². The molecule has 45 heteroatoms. The number of carbonyl (C=O) groups is 18. The van der Waals surface area contributed by atoms with Crippen LogP contribution in [-0.2, 0) is 86.3 Å². The van der Waals surface area contributed by atoms with Gasteiger partial charge in [0.2, 0.25) is 5.78 Å². The molecule has 0 fully saturated rings. The summed E-state index contributed by atoms with van der Waals surface area (Å²) in [5, 5.41) is 183. The minimum absolute atomic E-state index is 0.0231. The highest BCUT2D eigenvalue weighted by Gasteiger charge is 2.41. The van der Waals surface area contributed by atoms with E-state index in [2.05, 4.69) is 0 Å². The molecule has 0 aromatic rings. The van der Waals surface area contributed by atoms with Crippen LogP contribution in [-0.4, -0.2) is 287 Å². The zero-order valence-electron chi connectivity index (χ0n) is 46.1. The van der Waals surface area contributed by atoms with E-state index >= 15 is 0 Å². The Balaban J connectivity index is -0.000000141. The number of hydrogen-bond donors (Lipinski definition) is 27. The van der Waals surface area contributed by atoms with Crippen LogP contribution in [0.4, 0.5) is 0 Å². The van der Waals surface area contributed by atoms with Gasteiger partial charge in [0.25, 0.3) is 0 Å². The lowest BCUT2D eigenvalue weighted by atomic mass is 9.96. The molecular weight excluding hydrogens is 1240 g/mol. The number of aliphatic hydroxyl groups is 6. The minimum atomic E-state index is -2.74. The summed E-state index contributed by atoms with van der Waals surface area (Å²) >= 11 is 0. The summed E-state index contributed by atoms with van der Waals surface area (Å²) in [5.74, 6) is -27.0. The fourth-order valence-corrected chi connectivity index (χ4v) is 4.33. The highest BCUT2D eigenvalue weighted by molar-refractivity contribution is 6.62. The van der Waals surface area contributed by atoms with E-state index < -0.39 is 193 Å². The third kappa shape index (κ3) is 65.8. The first kappa shape index (κ1) is 95.8. The summed E-state index contributed by atoms with van der Waals surface area (Å²) in [4.78, 5) is 181. The van der Waals surface area contributed by atoms with Crippen LogP contribution in [0.1, 0.15) is 89.9 Å². The van der Waals surface area contributed by atoms with Gasteiger partial charge in [-0.2, -0.15) is 0 Å². The van der Waals surface area contributed by atoms with E-state index in [4.69, 9.17) is 141 Å². The molecule has 514 valence electrons. The van der Waals surface area contributed by atoms with E-state index in [-0.39, 0.29) is 57.8 Å². The second kappa shape index (κ2) is 53.9. The molecule has 0 saturated heterocycles. The molecule has 0 aromatic carbocycles. The molecule has 0 spiro atoms. The SMILES string of the molecule is NC(CC(=O)O)CC(=O)O.NC(CCC(=O)O)C(=O)O.NC(CCC(=O)O)CC(=O)O.NCCCC(N)C(=O)O.O=C(O)C(=O)C(=O)[C@H](O)[C@@H](O)CO.O=C(O)CC(C(=O)O)C(O)C(=O)O.O=C(O)CC(O)(CC(=O)O)C(=O)O.O=C(O)CCC(O)C(=O)O. The molecule has 0 aliphatic heterocycles. The molecule has 0 bridgehead atoms. The van der Waals surface area contributed by atoms with E-state index in [1.807, 2.05) is 0 Å². The number of carboxylic acids is 16. The Morgan fingerprint density at radius 2 is 0.730 bits per heavy atom. The number of ketones is 2. The molecule has 0 amide bonds. The van der Waals surface area contributed by atoms with Crippen LogP contribution in [0.3, 0.4) is 0 Å². The second-order valence-corrected chi connectivity index (χ2v) is 16.8. The van der Waals surface area contributed by atoms with E-state index in [9.17, 15) is 86.3 Å². The molecule has 8 atom stereocenters. The number of rotatable bonds is 36. The van der Waals surface area contributed by atoms with Crippen molar-refractivity contribution in [2.24, 2.45) is 34.6 Å². The number of carboxylic acid groups (broad SMARTS) is 16. The number of aliphatic hydroxyl groups excluding tert-OH is 5. The van der Waals surface area contributed by atoms with Crippen molar-refractivity contribution in [2.75, 3.05) is 13.2 Å². The third-order valence-corrected chi connectivity index (χ3v) is 8.85. The predicted octanol–water partition coefficient (Wildman–Crippen LogP) is -9.10. The molecule has 0 aromatic heterocycles. The van der Waals surface area contributed by atoms with Crippen molar-refractivity contribution in [1.29, 1.82) is 0 Å². The normalized spacial score (nSPS) is 12.6. The van der Waals surface area contributed by atoms with Crippen LogP contribution in [0.5, 0.6) is 0 Å². The van der Waals surface area contributed by atoms with Crippen LogP contribution < -0.4 is 28.7 Å². The number of nitrogens with two attached hydrogens (primary N) is 5. The number of Topliss-reactive ketones (excluding diaryl/α,β-unsaturated/α-hetero) is 2. The molecule has 45 nitrogen and oxygen atoms in total. The van der Waals surface area contributed by atoms with Gasteiger partial charge in [0.05, 0.1) is 45.1 Å². The van der Waals surface area contributed by atoms with Crippen LogP contribution >= 0.6 is 0 Å². The predicted molar refractivity (Wildman–Crippen MR) is 277 cm³/mol. The Morgan fingerprint density at radius 3 is 1.00 bits per heavy atom. The smallest absolute Gasteiger partial charge is 0.380 e. The molecule has 0 aliphatic rings. The van der Waals surface area contributed by atoms with Gasteiger partial charge in [0.15, 0.2) is 17.8 Å². The largest absolute Gasteiger partial charge is 0.481 e. The topological polar surface area (TPSA) is 882 Å². The monoisotopic (exact) mass is 1310 g/mol. The Bertz CT molecular complexity index is 2260. The number of aliphatic carboxylic acids is 16. The van der Waals surface area contributed by atoms with E-state index in [0.717, 1.165) is 0 Å². The maximum absolute atomic E-state index is 10.6. The van der Waals surface area contributed by atoms with Crippen molar-refractivity contribution in [3.05, 3.63) is 0 Å². The summed E-state index contributed by atoms with van der Waals surface area (Å²) in [7, 11) is 0. The third-order valence-electron chi connectivity index (χ3n) is 8.85. The van der Waals surface area contributed by atoms with Crippen molar-refractivity contribution in [3.63, 3.8) is 0 Å². The maximum atomic E-state index is 10.6. The minimum Gasteiger partial charge on any atom is -0.481 e. The lowest BCUT2D eigenvalue weighted by Gasteiger charge is -2.18. The summed E-state index contributed by atoms with van der Waals surface area (Å²) in [6.45, 7) is -0.444. The van der Waals surface area contributed by atoms with Crippen LogP contribution in [0, 0.1) is 5.92 Å². The van der Waals surface area contributed by atoms with Crippen molar-refractivity contribution in [1.82, 2.24) is 0 Å². The Kier molecular flexibility index (Phi) is 57.9. The molecule has 32 N–H and O–H groups in total. The van der Waals surface area contributed by atoms with Crippen molar-refractivity contribution >= 4 is 107 Å². The molecular formula is C44H73N5O40. The molecule has 0 radical (unpaired) electrons. The van der Waals surface area contributed by atoms with Crippen molar-refractivity contribution < 1.29 is 199 Å². The lowest BCUT2D eigenvalue weighted by molar-refractivity contribution is -0.170. The zero-order valence-corrected chi connectivity index (χ0v) is 46.1. The Labute approximate surface area is 497 Å². The molecule has 0 heterocycles. The van der Waals surface area contributed by atoms with Crippen LogP contribution in [0.2, 0.25) is 0 Å². The zero-order chi connectivity index (χ0) is 72.4. The van der Waals surface area contributed by atoms with Crippen LogP contribution in [0.15, 0.2) is 0 Å². The Morgan fingerprint density at radius 1 is 0.382 bits per heavy atom. The van der Waals surface area contributed by atoms with Gasteiger partial charge in [0, 0.05) is 31.3 Å². The maximum Gasteiger partial charge on any atom is 0.380 e. The van der Waals surface area contributed by atoms with E-state index in [1.165, 1.54) is 0 Å². The summed E-state index contributed by atoms with van der Waals surface area (Å²) < 4.78 is 0. The van der Waals surface area contributed by atoms with Gasteiger partial charge in [-0.15, -0.1) is 0 Å². The lowest BCUT2D eigenvalue weighted by Crippen LogP contribution is -2.42. The highest BCUT2D eigenvalue weighted by Crippen LogP contribution is 2.16. The molecule has 0 rings (SSSR count). The summed E-state index contributed by atoms with van der Waals surface area (Å²) in [5.41, 5.74) is 22.9. The first-order valence-electron chi connectivity index (χ1n) is 23.8. The van der Waals surface area contributed by atoms with Crippen molar-refractivity contribution in [2.45, 2.75) is 144 Å². The molecule has 0 aliphatic carbocycles. The van der Waals surface area contributed by atoms with Gasteiger partial charge in [-0.1, -0.05) is 0 Å². The van der Waals surface area contributed by atoms with E-state index in [1.54, 1.807) is 0 Å². The summed E-state index contributed by atoms with van der Waals surface area (Å²) in [6, 6.07) is -3.14. The standard InChI is InChI=1S/C6H11NO4.3C6H8O7.C5H12N2O2.2C5H9NO4.C5H8O5/c7-4(3-6(10)11)1-2-5(8)9;7-3(8)1-6(13,5(11)12)2-4(9)10;7-1-2(8)3(9)4(10)5(11)6(12)13;7-3(8)1-2(5(10)11)4(9)6(12)13;6-3-1-2-4(7)5(8)9;6-3(1-4(7)8)2-5(9)10;2*6-3(5(9)10)1-2-4(7)8/h4H,1-3,7H2,(H,8,9)(H,10,11);13H,1-2H2,(H,7,8)(H,9,10)(H,11,12);2-3,7-9H,1H2,(H,12,13);2,4,9H,1H2,(H,7,8)(H,10,11)(H,12,13);4H,1-3,6-7H2,(H,8,9);2*3H,1-2,6H2,(H,7,8)(H,9,10);3,6H,1-2H2,(H,7,8)(H,9,10)/t;;2-,3+;;;;;/m..0...../s1. The van der Waals surface area contributed by atoms with E-state index in [0.29, 0.717) is 19.4 Å². The average Bonchev–Trinajstić information content (AvgIpc) is 3.38. The molecule has 89 heavy (non-hydrogen) atoms. The average molecular weight is 1310 g/mol. The van der Waals surface area contributed by atoms with Crippen LogP contribution in [0.25, 0.3) is 0 Å². The first-order valence-corrected chi connectivity index (χ1v) is 23.8. The summed E-state index contributed by atoms with van der Waals surface area (Å²) in [6.07, 6.45) is -11.3. The highest BCUT2D eigenvalue weighted by atomic mass is 16.4. The number of hydrogen-bond acceptors (Lipinski definition) is 29. The van der Waals surface area contributed by atoms with Gasteiger partial charge in [-0.3, -0.25) is 67.1 Å². The number of carbonyl (C=O) groups excluding carboxylic acids is 2. The van der Waals surface area contributed by atoms with Gasteiger partial charge >= 0.3 is 101 Å². The van der Waals surface area contributed by atoms with Gasteiger partial charge in [-0.05, 0) is 38.6 Å². The van der Waals surface area contributed by atoms with Crippen molar-refractivity contribution in [3.8, 4) is 0 Å². The molecule has 6 unspecified atom stereocenters. The second-order valence-electron chi connectivity index (χ2n) is 16.8. The molecule has 0 saturated carbocycles. The van der Waals surface area contributed by atoms with Gasteiger partial charge in [-0.25, -0.2) is 19.2 Å². The van der Waals surface area contributed by atoms with Gasteiger partial charge in [0.1, 0.15) is 30.2 Å². The fraction of sp³-hybridized carbons (Fsp3) is 0.591. The quantitative estimate of drug-likeness (QED) is 0.0205. The Hall–Kier alpha value is -9.58.